The van der Waals surface area contributed by atoms with E-state index in [1.165, 1.54) is 0 Å². The van der Waals surface area contributed by atoms with E-state index in [4.69, 9.17) is 0 Å². The summed E-state index contributed by atoms with van der Waals surface area (Å²) in [7, 11) is 0. The lowest BCUT2D eigenvalue weighted by Crippen LogP contribution is -2.41. The molecule has 1 aromatic heterocycles. The van der Waals surface area contributed by atoms with Crippen LogP contribution in [0.1, 0.15) is 39.0 Å². The first-order chi connectivity index (χ1) is 9.45. The van der Waals surface area contributed by atoms with Gasteiger partial charge in [-0.1, -0.05) is 0 Å². The quantitative estimate of drug-likeness (QED) is 0.900. The zero-order valence-electron chi connectivity index (χ0n) is 11.7. The molecule has 1 fully saturated rings. The topological polar surface area (TPSA) is 29.9 Å². The molecule has 1 saturated carbocycles. The van der Waals surface area contributed by atoms with Gasteiger partial charge in [0, 0.05) is 31.0 Å². The molecule has 1 N–H and O–H groups in total. The van der Waals surface area contributed by atoms with E-state index >= 15 is 0 Å². The number of nitrogens with one attached hydrogen (secondary N) is 1. The number of aryl methyl sites for hydroxylation is 1. The third-order valence-electron chi connectivity index (χ3n) is 4.06. The summed E-state index contributed by atoms with van der Waals surface area (Å²) in [5, 5.41) is 7.58. The van der Waals surface area contributed by atoms with Crippen LogP contribution in [0.2, 0.25) is 0 Å². The fourth-order valence-electron chi connectivity index (χ4n) is 2.83. The van der Waals surface area contributed by atoms with Gasteiger partial charge in [-0.25, -0.2) is 0 Å². The summed E-state index contributed by atoms with van der Waals surface area (Å²) < 4.78 is 39.6. The Hall–Kier alpha value is -1.04. The third kappa shape index (κ3) is 4.51. The summed E-state index contributed by atoms with van der Waals surface area (Å²) in [4.78, 5) is 0. The lowest BCUT2D eigenvalue weighted by atomic mass is 9.85. The fourth-order valence-corrected chi connectivity index (χ4v) is 2.83. The largest absolute Gasteiger partial charge is 0.391 e. The lowest BCUT2D eigenvalue weighted by molar-refractivity contribution is -0.182. The number of hydrogen-bond acceptors (Lipinski definition) is 2. The molecule has 114 valence electrons. The molecule has 0 unspecified atom stereocenters. The van der Waals surface area contributed by atoms with E-state index in [-0.39, 0.29) is 18.9 Å². The molecular weight excluding hydrogens is 267 g/mol. The van der Waals surface area contributed by atoms with Crippen LogP contribution in [0.3, 0.4) is 0 Å². The molecule has 0 amide bonds. The number of nitrogens with zero attached hydrogens (tertiary/aromatic N) is 2. The van der Waals surface area contributed by atoms with Crippen LogP contribution in [0.15, 0.2) is 18.5 Å². The highest BCUT2D eigenvalue weighted by atomic mass is 19.4. The Morgan fingerprint density at radius 1 is 1.30 bits per heavy atom. The lowest BCUT2D eigenvalue weighted by Gasteiger charge is -2.32. The van der Waals surface area contributed by atoms with Crippen molar-refractivity contribution in [1.29, 1.82) is 0 Å². The minimum Gasteiger partial charge on any atom is -0.311 e. The Bertz CT molecular complexity index is 381. The smallest absolute Gasteiger partial charge is 0.311 e. The first-order valence-corrected chi connectivity index (χ1v) is 7.25. The minimum absolute atomic E-state index is 0.223. The van der Waals surface area contributed by atoms with Gasteiger partial charge in [-0.15, -0.1) is 0 Å². The molecule has 6 heteroatoms. The molecule has 1 aromatic rings. The van der Waals surface area contributed by atoms with Gasteiger partial charge in [0.05, 0.1) is 5.92 Å². The maximum absolute atomic E-state index is 12.6. The van der Waals surface area contributed by atoms with E-state index in [1.54, 1.807) is 6.20 Å². The van der Waals surface area contributed by atoms with Gasteiger partial charge >= 0.3 is 6.18 Å². The van der Waals surface area contributed by atoms with Crippen molar-refractivity contribution < 1.29 is 13.2 Å². The average molecular weight is 289 g/mol. The maximum Gasteiger partial charge on any atom is 0.391 e. The summed E-state index contributed by atoms with van der Waals surface area (Å²) in [6, 6.07) is 2.41. The van der Waals surface area contributed by atoms with Crippen molar-refractivity contribution in [3.05, 3.63) is 18.5 Å². The van der Waals surface area contributed by atoms with Crippen LogP contribution in [0.4, 0.5) is 13.2 Å². The van der Waals surface area contributed by atoms with Gasteiger partial charge < -0.3 is 5.32 Å². The minimum atomic E-state index is -4.02. The molecule has 1 aliphatic carbocycles. The first-order valence-electron chi connectivity index (χ1n) is 7.25. The van der Waals surface area contributed by atoms with Gasteiger partial charge in [0.25, 0.3) is 0 Å². The molecule has 1 aliphatic rings. The molecule has 0 spiro atoms. The van der Waals surface area contributed by atoms with Crippen molar-refractivity contribution in [3.63, 3.8) is 0 Å². The van der Waals surface area contributed by atoms with Gasteiger partial charge in [-0.05, 0) is 45.1 Å². The first kappa shape index (κ1) is 15.4. The van der Waals surface area contributed by atoms with Crippen LogP contribution in [0.5, 0.6) is 0 Å². The van der Waals surface area contributed by atoms with Crippen LogP contribution < -0.4 is 5.32 Å². The highest BCUT2D eigenvalue weighted by Crippen LogP contribution is 2.37. The van der Waals surface area contributed by atoms with E-state index in [1.807, 2.05) is 16.9 Å². The second-order valence-corrected chi connectivity index (χ2v) is 5.72. The van der Waals surface area contributed by atoms with Crippen LogP contribution in [-0.2, 0) is 6.54 Å². The number of halogens is 3. The third-order valence-corrected chi connectivity index (χ3v) is 4.06. The highest BCUT2D eigenvalue weighted by molar-refractivity contribution is 4.83. The summed E-state index contributed by atoms with van der Waals surface area (Å²) >= 11 is 0. The molecule has 0 radical (unpaired) electrons. The van der Waals surface area contributed by atoms with E-state index in [9.17, 15) is 13.2 Å². The van der Waals surface area contributed by atoms with Gasteiger partial charge in [0.15, 0.2) is 0 Å². The average Bonchev–Trinajstić information content (AvgIpc) is 2.89. The highest BCUT2D eigenvalue weighted by Gasteiger charge is 2.41. The molecule has 2 rings (SSSR count). The summed E-state index contributed by atoms with van der Waals surface area (Å²) in [6.45, 7) is 2.92. The van der Waals surface area contributed by atoms with Crippen molar-refractivity contribution >= 4 is 0 Å². The number of rotatable bonds is 5. The summed E-state index contributed by atoms with van der Waals surface area (Å²) in [5.74, 6) is -1.10. The van der Waals surface area contributed by atoms with Crippen LogP contribution >= 0.6 is 0 Å². The predicted octanol–water partition coefficient (Wildman–Crippen LogP) is 3.37. The molecule has 0 aromatic carbocycles. The van der Waals surface area contributed by atoms with Crippen molar-refractivity contribution in [1.82, 2.24) is 15.1 Å². The number of alkyl halides is 3. The molecule has 0 bridgehead atoms. The standard InChI is InChI=1S/C14H22F3N3/c1-11(7-10-20-9-2-8-18-20)19-13-5-3-12(4-6-13)14(15,16)17/h2,8-9,11-13,19H,3-7,10H2,1H3/t11-,12?,13?/m1/s1. The Morgan fingerprint density at radius 2 is 2.00 bits per heavy atom. The Kier molecular flexibility index (Phi) is 5.07. The zero-order valence-corrected chi connectivity index (χ0v) is 11.7. The molecule has 0 saturated heterocycles. The SMILES string of the molecule is C[C@H](CCn1cccn1)NC1CCC(C(F)(F)F)CC1. The van der Waals surface area contributed by atoms with Crippen LogP contribution in [-0.4, -0.2) is 28.0 Å². The van der Waals surface area contributed by atoms with Crippen molar-refractivity contribution in [3.8, 4) is 0 Å². The van der Waals surface area contributed by atoms with E-state index in [0.717, 1.165) is 13.0 Å². The van der Waals surface area contributed by atoms with E-state index < -0.39 is 12.1 Å². The van der Waals surface area contributed by atoms with Gasteiger partial charge in [0.1, 0.15) is 0 Å². The number of aromatic nitrogens is 2. The summed E-state index contributed by atoms with van der Waals surface area (Å²) in [6.07, 6.45) is 2.34. The Labute approximate surface area is 117 Å². The molecular formula is C14H22F3N3. The van der Waals surface area contributed by atoms with Gasteiger partial charge in [-0.2, -0.15) is 18.3 Å². The fraction of sp³-hybridized carbons (Fsp3) is 0.786. The van der Waals surface area contributed by atoms with Gasteiger partial charge in [0.2, 0.25) is 0 Å². The second-order valence-electron chi connectivity index (χ2n) is 5.72. The Morgan fingerprint density at radius 3 is 2.55 bits per heavy atom. The van der Waals surface area contributed by atoms with Crippen LogP contribution in [0.25, 0.3) is 0 Å². The van der Waals surface area contributed by atoms with Crippen molar-refractivity contribution in [2.45, 2.75) is 63.8 Å². The van der Waals surface area contributed by atoms with Crippen molar-refractivity contribution in [2.24, 2.45) is 5.92 Å². The van der Waals surface area contributed by atoms with E-state index in [0.29, 0.717) is 18.9 Å². The normalized spacial score (nSPS) is 25.6. The molecule has 0 aliphatic heterocycles. The molecule has 1 atom stereocenters. The second kappa shape index (κ2) is 6.61. The summed E-state index contributed by atoms with van der Waals surface area (Å²) in [5.41, 5.74) is 0. The monoisotopic (exact) mass is 289 g/mol. The van der Waals surface area contributed by atoms with Gasteiger partial charge in [-0.3, -0.25) is 4.68 Å². The predicted molar refractivity (Wildman–Crippen MR) is 71.2 cm³/mol. The Balaban J connectivity index is 1.67. The maximum atomic E-state index is 12.6. The molecule has 3 nitrogen and oxygen atoms in total. The zero-order chi connectivity index (χ0) is 14.6. The van der Waals surface area contributed by atoms with E-state index in [2.05, 4.69) is 17.3 Å². The molecule has 20 heavy (non-hydrogen) atoms. The van der Waals surface area contributed by atoms with Crippen LogP contribution in [0, 0.1) is 5.92 Å². The van der Waals surface area contributed by atoms with Crippen molar-refractivity contribution in [2.75, 3.05) is 0 Å². The molecule has 1 heterocycles. The number of hydrogen-bond donors (Lipinski definition) is 1.